The lowest BCUT2D eigenvalue weighted by atomic mass is 9.99. The van der Waals surface area contributed by atoms with Gasteiger partial charge in [-0.15, -0.1) is 0 Å². The molecule has 1 N–H and O–H groups in total. The number of hydrogen-bond donors (Lipinski definition) is 1. The fourth-order valence-electron chi connectivity index (χ4n) is 3.41. The Morgan fingerprint density at radius 1 is 1.38 bits per heavy atom. The number of carbonyl (C=O) groups is 1. The number of carbonyl (C=O) groups excluding carboxylic acids is 1. The molecule has 1 unspecified atom stereocenters. The molecule has 1 amide bonds. The number of amides is 1. The summed E-state index contributed by atoms with van der Waals surface area (Å²) in [5.41, 5.74) is 2.19. The van der Waals surface area contributed by atoms with Crippen molar-refractivity contribution in [1.82, 2.24) is 34.8 Å². The van der Waals surface area contributed by atoms with E-state index in [0.29, 0.717) is 12.1 Å². The molecule has 0 aromatic carbocycles. The Morgan fingerprint density at radius 3 is 3.04 bits per heavy atom. The monoisotopic (exact) mass is 325 g/mol. The Balaban J connectivity index is 1.77. The molecule has 4 rings (SSSR count). The van der Waals surface area contributed by atoms with Gasteiger partial charge in [-0.1, -0.05) is 0 Å². The summed E-state index contributed by atoms with van der Waals surface area (Å²) in [4.78, 5) is 23.9. The van der Waals surface area contributed by atoms with Crippen LogP contribution in [0.5, 0.6) is 0 Å². The number of fused-ring (bicyclic) bond motifs is 1. The van der Waals surface area contributed by atoms with Crippen molar-refractivity contribution in [2.75, 3.05) is 6.54 Å². The highest BCUT2D eigenvalue weighted by molar-refractivity contribution is 6.05. The highest BCUT2D eigenvalue weighted by Gasteiger charge is 2.31. The van der Waals surface area contributed by atoms with Crippen LogP contribution in [0.25, 0.3) is 11.0 Å². The van der Waals surface area contributed by atoms with Crippen LogP contribution in [0.3, 0.4) is 0 Å². The minimum atomic E-state index is -0.0612. The number of nitrogens with zero attached hydrogens (tertiary/aromatic N) is 6. The molecular formula is C16H19N7O. The average molecular weight is 325 g/mol. The summed E-state index contributed by atoms with van der Waals surface area (Å²) >= 11 is 0. The molecular weight excluding hydrogens is 306 g/mol. The molecule has 0 spiro atoms. The topological polar surface area (TPSA) is 92.6 Å². The Bertz CT molecular complexity index is 883. The van der Waals surface area contributed by atoms with E-state index in [4.69, 9.17) is 0 Å². The van der Waals surface area contributed by atoms with E-state index in [1.807, 2.05) is 24.9 Å². The number of piperidine rings is 1. The van der Waals surface area contributed by atoms with Crippen LogP contribution in [0.1, 0.15) is 47.2 Å². The van der Waals surface area contributed by atoms with Gasteiger partial charge in [0, 0.05) is 19.3 Å². The van der Waals surface area contributed by atoms with E-state index in [1.54, 1.807) is 10.9 Å². The number of pyridine rings is 1. The van der Waals surface area contributed by atoms with Crippen LogP contribution < -0.4 is 0 Å². The number of likely N-dealkylation sites (tertiary alicyclic amines) is 1. The first-order chi connectivity index (χ1) is 11.6. The Morgan fingerprint density at radius 2 is 2.25 bits per heavy atom. The lowest BCUT2D eigenvalue weighted by Gasteiger charge is -2.34. The molecule has 4 heterocycles. The molecule has 1 fully saturated rings. The predicted octanol–water partition coefficient (Wildman–Crippen LogP) is 1.76. The van der Waals surface area contributed by atoms with Crippen LogP contribution >= 0.6 is 0 Å². The Hall–Kier alpha value is -2.77. The number of aromatic amines is 1. The van der Waals surface area contributed by atoms with Crippen molar-refractivity contribution in [3.8, 4) is 0 Å². The van der Waals surface area contributed by atoms with Crippen molar-refractivity contribution >= 4 is 16.9 Å². The van der Waals surface area contributed by atoms with Crippen LogP contribution in [-0.2, 0) is 7.05 Å². The van der Waals surface area contributed by atoms with Gasteiger partial charge >= 0.3 is 0 Å². The number of rotatable bonds is 2. The summed E-state index contributed by atoms with van der Waals surface area (Å²) in [5, 5.41) is 11.9. The molecule has 1 saturated heterocycles. The van der Waals surface area contributed by atoms with Gasteiger partial charge in [0.2, 0.25) is 0 Å². The summed E-state index contributed by atoms with van der Waals surface area (Å²) < 4.78 is 1.70. The van der Waals surface area contributed by atoms with Crippen LogP contribution in [0, 0.1) is 6.92 Å². The molecule has 1 aliphatic heterocycles. The van der Waals surface area contributed by atoms with Gasteiger partial charge in [-0.2, -0.15) is 10.2 Å². The third-order valence-electron chi connectivity index (χ3n) is 4.58. The van der Waals surface area contributed by atoms with Crippen LogP contribution in [0.15, 0.2) is 18.6 Å². The largest absolute Gasteiger partial charge is 0.328 e. The lowest BCUT2D eigenvalue weighted by molar-refractivity contribution is 0.0602. The maximum absolute atomic E-state index is 13.3. The van der Waals surface area contributed by atoms with Gasteiger partial charge in [0.15, 0.2) is 5.65 Å². The molecule has 0 saturated carbocycles. The minimum Gasteiger partial charge on any atom is -0.328 e. The minimum absolute atomic E-state index is 0.000370. The fourth-order valence-corrected chi connectivity index (χ4v) is 3.41. The van der Waals surface area contributed by atoms with E-state index < -0.39 is 0 Å². The Kier molecular flexibility index (Phi) is 3.51. The fraction of sp³-hybridized carbons (Fsp3) is 0.438. The lowest BCUT2D eigenvalue weighted by Crippen LogP contribution is -2.39. The number of aromatic nitrogens is 6. The third-order valence-corrected chi connectivity index (χ3v) is 4.58. The maximum atomic E-state index is 13.3. The average Bonchev–Trinajstić information content (AvgIpc) is 3.24. The predicted molar refractivity (Wildman–Crippen MR) is 87.3 cm³/mol. The molecule has 1 atom stereocenters. The third kappa shape index (κ3) is 2.34. The zero-order chi connectivity index (χ0) is 16.7. The quantitative estimate of drug-likeness (QED) is 0.775. The molecule has 124 valence electrons. The SMILES string of the molecule is Cc1cc(C(=O)N2CCCCC2c2ncn[nH]2)c2cnn(C)c2n1. The van der Waals surface area contributed by atoms with Gasteiger partial charge < -0.3 is 4.90 Å². The Labute approximate surface area is 138 Å². The van der Waals surface area contributed by atoms with Gasteiger partial charge in [-0.3, -0.25) is 14.6 Å². The molecule has 3 aromatic rings. The van der Waals surface area contributed by atoms with Crippen LogP contribution in [0.2, 0.25) is 0 Å². The van der Waals surface area contributed by atoms with Crippen LogP contribution in [0.4, 0.5) is 0 Å². The first-order valence-corrected chi connectivity index (χ1v) is 8.10. The van der Waals surface area contributed by atoms with E-state index in [1.165, 1.54) is 6.33 Å². The number of H-pyrrole nitrogens is 1. The molecule has 0 radical (unpaired) electrons. The van der Waals surface area contributed by atoms with Crippen molar-refractivity contribution in [3.05, 3.63) is 35.7 Å². The molecule has 3 aromatic heterocycles. The van der Waals surface area contributed by atoms with Gasteiger partial charge in [-0.25, -0.2) is 9.97 Å². The molecule has 0 bridgehead atoms. The van der Waals surface area contributed by atoms with Crippen molar-refractivity contribution in [2.24, 2.45) is 7.05 Å². The smallest absolute Gasteiger partial charge is 0.255 e. The van der Waals surface area contributed by atoms with E-state index in [2.05, 4.69) is 25.3 Å². The highest BCUT2D eigenvalue weighted by atomic mass is 16.2. The first kappa shape index (κ1) is 14.8. The molecule has 24 heavy (non-hydrogen) atoms. The number of nitrogens with one attached hydrogen (secondary N) is 1. The first-order valence-electron chi connectivity index (χ1n) is 8.10. The summed E-state index contributed by atoms with van der Waals surface area (Å²) in [6.45, 7) is 2.61. The van der Waals surface area contributed by atoms with Crippen molar-refractivity contribution in [1.29, 1.82) is 0 Å². The van der Waals surface area contributed by atoms with Crippen molar-refractivity contribution in [3.63, 3.8) is 0 Å². The van der Waals surface area contributed by atoms with Crippen molar-refractivity contribution < 1.29 is 4.79 Å². The zero-order valence-corrected chi connectivity index (χ0v) is 13.7. The zero-order valence-electron chi connectivity index (χ0n) is 13.7. The summed E-state index contributed by atoms with van der Waals surface area (Å²) in [7, 11) is 1.83. The summed E-state index contributed by atoms with van der Waals surface area (Å²) in [6.07, 6.45) is 6.16. The molecule has 1 aliphatic rings. The number of aryl methyl sites for hydroxylation is 2. The van der Waals surface area contributed by atoms with Gasteiger partial charge in [0.05, 0.1) is 23.2 Å². The highest BCUT2D eigenvalue weighted by Crippen LogP contribution is 2.31. The summed E-state index contributed by atoms with van der Waals surface area (Å²) in [6, 6.07) is 1.78. The van der Waals surface area contributed by atoms with E-state index >= 15 is 0 Å². The van der Waals surface area contributed by atoms with Crippen LogP contribution in [-0.4, -0.2) is 47.3 Å². The van der Waals surface area contributed by atoms with E-state index in [0.717, 1.165) is 41.8 Å². The maximum Gasteiger partial charge on any atom is 0.255 e. The van der Waals surface area contributed by atoms with Gasteiger partial charge in [0.1, 0.15) is 12.2 Å². The van der Waals surface area contributed by atoms with Gasteiger partial charge in [-0.05, 0) is 32.3 Å². The van der Waals surface area contributed by atoms with E-state index in [-0.39, 0.29) is 11.9 Å². The second kappa shape index (κ2) is 5.70. The molecule has 8 nitrogen and oxygen atoms in total. The second-order valence-electron chi connectivity index (χ2n) is 6.20. The van der Waals surface area contributed by atoms with E-state index in [9.17, 15) is 4.79 Å². The second-order valence-corrected chi connectivity index (χ2v) is 6.20. The standard InChI is InChI=1S/C16H19N7O/c1-10-7-11(12-8-19-22(2)15(12)20-10)16(24)23-6-4-3-5-13(23)14-17-9-18-21-14/h7-9,13H,3-6H2,1-2H3,(H,17,18,21). The molecule has 8 heteroatoms. The van der Waals surface area contributed by atoms with Crippen molar-refractivity contribution in [2.45, 2.75) is 32.2 Å². The normalized spacial score (nSPS) is 18.2. The summed E-state index contributed by atoms with van der Waals surface area (Å²) in [5.74, 6) is 0.746. The number of hydrogen-bond acceptors (Lipinski definition) is 5. The molecule has 0 aliphatic carbocycles. The van der Waals surface area contributed by atoms with Gasteiger partial charge in [0.25, 0.3) is 5.91 Å².